The van der Waals surface area contributed by atoms with E-state index in [0.29, 0.717) is 29.9 Å². The molecule has 1 spiro atoms. The minimum Gasteiger partial charge on any atom is -0.493 e. The van der Waals surface area contributed by atoms with Gasteiger partial charge in [0.1, 0.15) is 5.75 Å². The number of hydrogen-bond donors (Lipinski definition) is 1. The van der Waals surface area contributed by atoms with Gasteiger partial charge in [0.15, 0.2) is 16.5 Å². The molecule has 0 radical (unpaired) electrons. The number of ketones is 1. The van der Waals surface area contributed by atoms with Gasteiger partial charge in [0.25, 0.3) is 5.91 Å². The second kappa shape index (κ2) is 7.05. The lowest BCUT2D eigenvalue weighted by Gasteiger charge is -2.33. The molecule has 3 aromatic rings. The predicted molar refractivity (Wildman–Crippen MR) is 114 cm³/mol. The minimum absolute atomic E-state index is 0.295. The van der Waals surface area contributed by atoms with Gasteiger partial charge in [-0.1, -0.05) is 18.2 Å². The number of carbonyl (C=O) groups is 3. The molecule has 2 aromatic heterocycles. The third-order valence-electron chi connectivity index (χ3n) is 5.90. The lowest BCUT2D eigenvalue weighted by Crippen LogP contribution is -2.47. The van der Waals surface area contributed by atoms with Crippen molar-refractivity contribution in [2.45, 2.75) is 25.8 Å². The second-order valence-electron chi connectivity index (χ2n) is 7.68. The molecule has 8 nitrogen and oxygen atoms in total. The van der Waals surface area contributed by atoms with E-state index in [1.54, 1.807) is 30.5 Å². The van der Waals surface area contributed by atoms with Gasteiger partial charge in [-0.15, -0.1) is 11.3 Å². The highest BCUT2D eigenvalue weighted by Gasteiger charge is 2.55. The number of Topliss-reactive ketones (excluding diaryl/α,β-unsaturated/α-hetero) is 1. The number of carbonyl (C=O) groups excluding carboxylic acids is 3. The van der Waals surface area contributed by atoms with E-state index >= 15 is 0 Å². The first-order valence-corrected chi connectivity index (χ1v) is 10.8. The van der Waals surface area contributed by atoms with Crippen LogP contribution in [-0.4, -0.2) is 45.3 Å². The maximum atomic E-state index is 13.4. The zero-order valence-corrected chi connectivity index (χ0v) is 17.9. The molecule has 2 aliphatic heterocycles. The summed E-state index contributed by atoms with van der Waals surface area (Å²) in [6.07, 6.45) is 2.02. The quantitative estimate of drug-likeness (QED) is 0.501. The van der Waals surface area contributed by atoms with E-state index in [2.05, 4.69) is 10.3 Å². The standard InChI is InChI=1S/C22H20N4O4S/c1-13-11-15(14(2)26(13)21-23-8-10-31-21)17(27)12-25-19(28)22(24-20(25)29)7-9-30-18-6-4-3-5-16(18)22/h3-6,8,10-11H,7,9,12H2,1-2H3,(H,24,29). The molecule has 31 heavy (non-hydrogen) atoms. The van der Waals surface area contributed by atoms with Crippen molar-refractivity contribution in [1.82, 2.24) is 19.8 Å². The van der Waals surface area contributed by atoms with E-state index in [1.165, 1.54) is 11.3 Å². The molecule has 4 heterocycles. The van der Waals surface area contributed by atoms with Crippen molar-refractivity contribution >= 4 is 29.1 Å². The van der Waals surface area contributed by atoms with Gasteiger partial charge in [0.2, 0.25) is 0 Å². The fourth-order valence-corrected chi connectivity index (χ4v) is 5.16. The van der Waals surface area contributed by atoms with Crippen molar-refractivity contribution in [2.75, 3.05) is 13.2 Å². The Labute approximate surface area is 182 Å². The fraction of sp³-hybridized carbons (Fsp3) is 0.273. The number of benzene rings is 1. The molecule has 1 unspecified atom stereocenters. The Morgan fingerprint density at radius 1 is 1.29 bits per heavy atom. The fourth-order valence-electron chi connectivity index (χ4n) is 4.41. The summed E-state index contributed by atoms with van der Waals surface area (Å²) in [6, 6.07) is 8.38. The summed E-state index contributed by atoms with van der Waals surface area (Å²) in [5.74, 6) is -0.144. The molecule has 1 fully saturated rings. The number of amides is 3. The molecule has 0 saturated carbocycles. The van der Waals surface area contributed by atoms with Crippen LogP contribution in [0.3, 0.4) is 0 Å². The van der Waals surface area contributed by atoms with Crippen molar-refractivity contribution in [3.63, 3.8) is 0 Å². The Morgan fingerprint density at radius 3 is 2.87 bits per heavy atom. The van der Waals surface area contributed by atoms with Gasteiger partial charge in [0.05, 0.1) is 13.2 Å². The van der Waals surface area contributed by atoms with Crippen LogP contribution in [0.1, 0.15) is 33.7 Å². The Kier molecular flexibility index (Phi) is 4.44. The molecular formula is C22H20N4O4S. The van der Waals surface area contributed by atoms with Gasteiger partial charge >= 0.3 is 6.03 Å². The number of hydrogen-bond acceptors (Lipinski definition) is 6. The SMILES string of the molecule is Cc1cc(C(=O)CN2C(=O)NC3(CCOc4ccccc43)C2=O)c(C)n1-c1nccs1. The highest BCUT2D eigenvalue weighted by atomic mass is 32.1. The molecule has 3 amide bonds. The minimum atomic E-state index is -1.19. The smallest absolute Gasteiger partial charge is 0.325 e. The molecular weight excluding hydrogens is 416 g/mol. The number of imide groups is 1. The van der Waals surface area contributed by atoms with Gasteiger partial charge < -0.3 is 10.1 Å². The van der Waals surface area contributed by atoms with Crippen LogP contribution < -0.4 is 10.1 Å². The van der Waals surface area contributed by atoms with Gasteiger partial charge in [-0.05, 0) is 26.0 Å². The molecule has 1 atom stereocenters. The summed E-state index contributed by atoms with van der Waals surface area (Å²) < 4.78 is 7.55. The van der Waals surface area contributed by atoms with Gasteiger partial charge in [0, 0.05) is 40.5 Å². The molecule has 9 heteroatoms. The first-order valence-electron chi connectivity index (χ1n) is 9.91. The third kappa shape index (κ3) is 2.88. The van der Waals surface area contributed by atoms with Crippen molar-refractivity contribution in [3.05, 3.63) is 64.4 Å². The number of thiazole rings is 1. The highest BCUT2D eigenvalue weighted by Crippen LogP contribution is 2.41. The van der Waals surface area contributed by atoms with Crippen molar-refractivity contribution in [2.24, 2.45) is 0 Å². The monoisotopic (exact) mass is 436 g/mol. The van der Waals surface area contributed by atoms with E-state index in [9.17, 15) is 14.4 Å². The predicted octanol–water partition coefficient (Wildman–Crippen LogP) is 2.96. The molecule has 1 N–H and O–H groups in total. The van der Waals surface area contributed by atoms with Crippen LogP contribution in [-0.2, 0) is 10.3 Å². The summed E-state index contributed by atoms with van der Waals surface area (Å²) in [6.45, 7) is 3.72. The summed E-state index contributed by atoms with van der Waals surface area (Å²) in [7, 11) is 0. The number of nitrogens with zero attached hydrogens (tertiary/aromatic N) is 3. The number of urea groups is 1. The third-order valence-corrected chi connectivity index (χ3v) is 6.66. The molecule has 5 rings (SSSR count). The van der Waals surface area contributed by atoms with Crippen LogP contribution in [0, 0.1) is 13.8 Å². The molecule has 1 saturated heterocycles. The topological polar surface area (TPSA) is 93.5 Å². The number of para-hydroxylation sites is 1. The lowest BCUT2D eigenvalue weighted by atomic mass is 9.84. The van der Waals surface area contributed by atoms with E-state index < -0.39 is 17.5 Å². The van der Waals surface area contributed by atoms with Gasteiger partial charge in [-0.3, -0.25) is 19.1 Å². The number of ether oxygens (including phenoxy) is 1. The number of fused-ring (bicyclic) bond motifs is 2. The maximum Gasteiger partial charge on any atom is 0.325 e. The zero-order chi connectivity index (χ0) is 21.8. The van der Waals surface area contributed by atoms with E-state index in [4.69, 9.17) is 4.74 Å². The summed E-state index contributed by atoms with van der Waals surface area (Å²) >= 11 is 1.47. The molecule has 2 aliphatic rings. The lowest BCUT2D eigenvalue weighted by molar-refractivity contribution is -0.132. The van der Waals surface area contributed by atoms with E-state index in [1.807, 2.05) is 29.9 Å². The average molecular weight is 436 g/mol. The number of aromatic nitrogens is 2. The number of aryl methyl sites for hydroxylation is 1. The van der Waals surface area contributed by atoms with Crippen LogP contribution in [0.15, 0.2) is 41.9 Å². The van der Waals surface area contributed by atoms with Crippen molar-refractivity contribution in [3.8, 4) is 10.9 Å². The second-order valence-corrected chi connectivity index (χ2v) is 8.55. The van der Waals surface area contributed by atoms with Gasteiger partial charge in [-0.25, -0.2) is 9.78 Å². The first-order chi connectivity index (χ1) is 14.9. The summed E-state index contributed by atoms with van der Waals surface area (Å²) in [5, 5.41) is 5.46. The normalized spacial score (nSPS) is 20.0. The largest absolute Gasteiger partial charge is 0.493 e. The van der Waals surface area contributed by atoms with Gasteiger partial charge in [-0.2, -0.15) is 0 Å². The Hall–Kier alpha value is -3.46. The van der Waals surface area contributed by atoms with Crippen molar-refractivity contribution < 1.29 is 19.1 Å². The molecule has 158 valence electrons. The number of rotatable bonds is 4. The molecule has 0 aliphatic carbocycles. The van der Waals surface area contributed by atoms with Crippen molar-refractivity contribution in [1.29, 1.82) is 0 Å². The Morgan fingerprint density at radius 2 is 2.10 bits per heavy atom. The summed E-state index contributed by atoms with van der Waals surface area (Å²) in [4.78, 5) is 44.6. The Balaban J connectivity index is 1.45. The van der Waals surface area contributed by atoms with E-state index in [0.717, 1.165) is 21.4 Å². The number of nitrogens with one attached hydrogen (secondary N) is 1. The molecule has 0 bridgehead atoms. The van der Waals surface area contributed by atoms with Crippen LogP contribution in [0.4, 0.5) is 4.79 Å². The zero-order valence-electron chi connectivity index (χ0n) is 17.0. The maximum absolute atomic E-state index is 13.4. The first kappa shape index (κ1) is 19.5. The Bertz CT molecular complexity index is 1220. The van der Waals surface area contributed by atoms with E-state index in [-0.39, 0.29) is 12.3 Å². The van der Waals surface area contributed by atoms with Crippen LogP contribution >= 0.6 is 11.3 Å². The molecule has 1 aromatic carbocycles. The van der Waals surface area contributed by atoms with Crippen LogP contribution in [0.25, 0.3) is 5.13 Å². The highest BCUT2D eigenvalue weighted by molar-refractivity contribution is 7.12. The summed E-state index contributed by atoms with van der Waals surface area (Å²) in [5.41, 5.74) is 1.50. The van der Waals surface area contributed by atoms with Crippen LogP contribution in [0.5, 0.6) is 5.75 Å². The average Bonchev–Trinajstić information content (AvgIpc) is 3.43. The van der Waals surface area contributed by atoms with Crippen LogP contribution in [0.2, 0.25) is 0 Å².